The molecule has 128 valence electrons. The molecule has 1 saturated carbocycles. The first-order valence-electron chi connectivity index (χ1n) is 8.21. The second-order valence-electron chi connectivity index (χ2n) is 6.30. The number of amides is 3. The Morgan fingerprint density at radius 1 is 1.12 bits per heavy atom. The molecule has 1 aliphatic carbocycles. The van der Waals surface area contributed by atoms with E-state index in [0.29, 0.717) is 19.5 Å². The number of carbonyl (C=O) groups excluding carboxylic acids is 2. The second-order valence-corrected chi connectivity index (χ2v) is 6.30. The largest absolute Gasteiger partial charge is 0.478 e. The van der Waals surface area contributed by atoms with Crippen LogP contribution in [0.3, 0.4) is 0 Å². The van der Waals surface area contributed by atoms with Crippen LogP contribution in [0.15, 0.2) is 24.3 Å². The maximum Gasteiger partial charge on any atom is 0.335 e. The van der Waals surface area contributed by atoms with E-state index < -0.39 is 5.97 Å². The molecule has 0 aromatic heterocycles. The van der Waals surface area contributed by atoms with Crippen LogP contribution in [0.4, 0.5) is 4.79 Å². The van der Waals surface area contributed by atoms with E-state index >= 15 is 0 Å². The predicted octanol–water partition coefficient (Wildman–Crippen LogP) is 1.34. The van der Waals surface area contributed by atoms with Gasteiger partial charge in [-0.15, -0.1) is 0 Å². The predicted molar refractivity (Wildman–Crippen MR) is 86.5 cm³/mol. The molecule has 24 heavy (non-hydrogen) atoms. The highest BCUT2D eigenvalue weighted by atomic mass is 16.4. The van der Waals surface area contributed by atoms with Gasteiger partial charge in [0, 0.05) is 19.1 Å². The quantitative estimate of drug-likeness (QED) is 0.758. The number of likely N-dealkylation sites (tertiary alicyclic amines) is 1. The monoisotopic (exact) mass is 331 g/mol. The number of nitrogens with zero attached hydrogens (tertiary/aromatic N) is 1. The van der Waals surface area contributed by atoms with Crippen molar-refractivity contribution in [3.05, 3.63) is 35.4 Å². The van der Waals surface area contributed by atoms with Crippen molar-refractivity contribution in [1.82, 2.24) is 15.5 Å². The number of rotatable bonds is 5. The van der Waals surface area contributed by atoms with Gasteiger partial charge < -0.3 is 20.6 Å². The lowest BCUT2D eigenvalue weighted by Gasteiger charge is -2.24. The average molecular weight is 331 g/mol. The Bertz CT molecular complexity index is 640. The van der Waals surface area contributed by atoms with E-state index in [2.05, 4.69) is 10.6 Å². The molecule has 0 bridgehead atoms. The molecule has 3 N–H and O–H groups in total. The van der Waals surface area contributed by atoms with Gasteiger partial charge in [0.25, 0.3) is 0 Å². The van der Waals surface area contributed by atoms with E-state index in [-0.39, 0.29) is 29.6 Å². The third-order valence-electron chi connectivity index (χ3n) is 4.38. The number of carboxylic acids is 1. The van der Waals surface area contributed by atoms with Crippen LogP contribution in [-0.2, 0) is 11.3 Å². The molecule has 0 spiro atoms. The van der Waals surface area contributed by atoms with Gasteiger partial charge in [0.15, 0.2) is 0 Å². The summed E-state index contributed by atoms with van der Waals surface area (Å²) in [6.45, 7) is 0.874. The van der Waals surface area contributed by atoms with Gasteiger partial charge in [-0.25, -0.2) is 9.59 Å². The Morgan fingerprint density at radius 2 is 1.83 bits per heavy atom. The molecular formula is C17H21N3O4. The van der Waals surface area contributed by atoms with Gasteiger partial charge in [0.05, 0.1) is 5.56 Å². The number of carboxylic acid groups (broad SMARTS) is 1. The van der Waals surface area contributed by atoms with E-state index in [0.717, 1.165) is 24.8 Å². The van der Waals surface area contributed by atoms with Crippen molar-refractivity contribution in [1.29, 1.82) is 0 Å². The van der Waals surface area contributed by atoms with Crippen LogP contribution in [0, 0.1) is 0 Å². The van der Waals surface area contributed by atoms with E-state index in [9.17, 15) is 14.4 Å². The summed E-state index contributed by atoms with van der Waals surface area (Å²) in [4.78, 5) is 37.0. The van der Waals surface area contributed by atoms with Crippen molar-refractivity contribution >= 4 is 17.9 Å². The zero-order valence-corrected chi connectivity index (χ0v) is 13.3. The van der Waals surface area contributed by atoms with Crippen molar-refractivity contribution in [2.75, 3.05) is 6.54 Å². The van der Waals surface area contributed by atoms with Crippen LogP contribution < -0.4 is 10.6 Å². The zero-order valence-electron chi connectivity index (χ0n) is 13.3. The summed E-state index contributed by atoms with van der Waals surface area (Å²) >= 11 is 0. The molecule has 1 saturated heterocycles. The Kier molecular flexibility index (Phi) is 4.69. The number of hydrogen-bond donors (Lipinski definition) is 3. The first-order valence-corrected chi connectivity index (χ1v) is 8.21. The first-order chi connectivity index (χ1) is 11.5. The molecule has 1 aromatic rings. The third kappa shape index (κ3) is 3.84. The molecule has 1 unspecified atom stereocenters. The highest BCUT2D eigenvalue weighted by Gasteiger charge is 2.36. The minimum Gasteiger partial charge on any atom is -0.478 e. The van der Waals surface area contributed by atoms with Gasteiger partial charge in [-0.1, -0.05) is 12.1 Å². The van der Waals surface area contributed by atoms with Crippen LogP contribution in [0.5, 0.6) is 0 Å². The van der Waals surface area contributed by atoms with Crippen molar-refractivity contribution in [3.63, 3.8) is 0 Å². The van der Waals surface area contributed by atoms with E-state index in [1.165, 1.54) is 12.1 Å². The normalized spacial score (nSPS) is 19.8. The topological polar surface area (TPSA) is 98.7 Å². The van der Waals surface area contributed by atoms with Crippen molar-refractivity contribution < 1.29 is 19.5 Å². The number of hydrogen-bond acceptors (Lipinski definition) is 3. The number of carbonyl (C=O) groups is 3. The highest BCUT2D eigenvalue weighted by Crippen LogP contribution is 2.22. The number of nitrogens with one attached hydrogen (secondary N) is 2. The van der Waals surface area contributed by atoms with Crippen LogP contribution in [-0.4, -0.2) is 46.5 Å². The van der Waals surface area contributed by atoms with Crippen LogP contribution >= 0.6 is 0 Å². The molecule has 0 radical (unpaired) electrons. The average Bonchev–Trinajstić information content (AvgIpc) is 3.24. The Labute approximate surface area is 140 Å². The minimum atomic E-state index is -0.979. The third-order valence-corrected chi connectivity index (χ3v) is 4.38. The van der Waals surface area contributed by atoms with Gasteiger partial charge in [-0.05, 0) is 43.4 Å². The van der Waals surface area contributed by atoms with Crippen LogP contribution in [0.1, 0.15) is 41.6 Å². The minimum absolute atomic E-state index is 0.0593. The maximum absolute atomic E-state index is 12.4. The molecule has 7 nitrogen and oxygen atoms in total. The summed E-state index contributed by atoms with van der Waals surface area (Å²) in [6, 6.07) is 5.99. The lowest BCUT2D eigenvalue weighted by atomic mass is 10.1. The van der Waals surface area contributed by atoms with E-state index in [1.54, 1.807) is 17.0 Å². The highest BCUT2D eigenvalue weighted by molar-refractivity contribution is 5.88. The van der Waals surface area contributed by atoms with Crippen LogP contribution in [0.2, 0.25) is 0 Å². The summed E-state index contributed by atoms with van der Waals surface area (Å²) in [5.41, 5.74) is 1.02. The summed E-state index contributed by atoms with van der Waals surface area (Å²) in [5.74, 6) is -1.04. The van der Waals surface area contributed by atoms with Crippen molar-refractivity contribution in [2.45, 2.75) is 44.3 Å². The Balaban J connectivity index is 1.53. The Hall–Kier alpha value is -2.57. The molecule has 1 aliphatic heterocycles. The molecule has 2 aliphatic rings. The smallest absolute Gasteiger partial charge is 0.335 e. The van der Waals surface area contributed by atoms with Gasteiger partial charge in [0.1, 0.15) is 6.04 Å². The Morgan fingerprint density at radius 3 is 2.46 bits per heavy atom. The first kappa shape index (κ1) is 16.3. The number of urea groups is 1. The molecule has 3 rings (SSSR count). The summed E-state index contributed by atoms with van der Waals surface area (Å²) < 4.78 is 0. The maximum atomic E-state index is 12.4. The molecule has 1 aromatic carbocycles. The summed E-state index contributed by atoms with van der Waals surface area (Å²) in [5, 5.41) is 14.6. The fourth-order valence-corrected chi connectivity index (χ4v) is 2.85. The SMILES string of the molecule is O=C(O)c1ccc(CNC(=O)N2CCCC2C(=O)NC2CC2)cc1. The summed E-state index contributed by atoms with van der Waals surface area (Å²) in [6.07, 6.45) is 3.57. The van der Waals surface area contributed by atoms with Crippen LogP contribution in [0.25, 0.3) is 0 Å². The molecule has 3 amide bonds. The lowest BCUT2D eigenvalue weighted by Crippen LogP contribution is -2.49. The molecular weight excluding hydrogens is 310 g/mol. The van der Waals surface area contributed by atoms with Gasteiger partial charge in [-0.2, -0.15) is 0 Å². The standard InChI is InChI=1S/C17H21N3O4/c21-15(19-13-7-8-13)14-2-1-9-20(14)17(24)18-10-11-3-5-12(6-4-11)16(22)23/h3-6,13-14H,1-2,7-10H2,(H,18,24)(H,19,21)(H,22,23). The number of benzene rings is 1. The van der Waals surface area contributed by atoms with Gasteiger partial charge >= 0.3 is 12.0 Å². The van der Waals surface area contributed by atoms with Gasteiger partial charge in [0.2, 0.25) is 5.91 Å². The van der Waals surface area contributed by atoms with Crippen molar-refractivity contribution in [3.8, 4) is 0 Å². The number of aromatic carboxylic acids is 1. The lowest BCUT2D eigenvalue weighted by molar-refractivity contribution is -0.124. The molecule has 1 atom stereocenters. The fourth-order valence-electron chi connectivity index (χ4n) is 2.85. The van der Waals surface area contributed by atoms with E-state index in [1.807, 2.05) is 0 Å². The zero-order chi connectivity index (χ0) is 17.1. The van der Waals surface area contributed by atoms with Crippen molar-refractivity contribution in [2.24, 2.45) is 0 Å². The fraction of sp³-hybridized carbons (Fsp3) is 0.471. The molecule has 2 fully saturated rings. The second kappa shape index (κ2) is 6.90. The summed E-state index contributed by atoms with van der Waals surface area (Å²) in [7, 11) is 0. The molecule has 7 heteroatoms. The van der Waals surface area contributed by atoms with Gasteiger partial charge in [-0.3, -0.25) is 4.79 Å². The van der Waals surface area contributed by atoms with E-state index in [4.69, 9.17) is 5.11 Å². The molecule has 1 heterocycles.